The van der Waals surface area contributed by atoms with Crippen molar-refractivity contribution in [3.05, 3.63) is 72.4 Å². The molecular weight excluding hydrogens is 375 g/mol. The highest BCUT2D eigenvalue weighted by molar-refractivity contribution is 5.61. The average Bonchev–Trinajstić information content (AvgIpc) is 2.68. The van der Waals surface area contributed by atoms with Crippen molar-refractivity contribution < 1.29 is 32.9 Å². The molecule has 2 N–H and O–H groups in total. The van der Waals surface area contributed by atoms with Crippen LogP contribution in [0.2, 0.25) is 0 Å². The Hall–Kier alpha value is -3.10. The largest absolute Gasteiger partial charge is 0.573 e. The molecule has 8 heteroatoms. The third-order valence-corrected chi connectivity index (χ3v) is 3.78. The minimum atomic E-state index is -4.74. The lowest BCUT2D eigenvalue weighted by molar-refractivity contribution is -0.274. The summed E-state index contributed by atoms with van der Waals surface area (Å²) in [5, 5.41) is 18.8. The average molecular weight is 391 g/mol. The summed E-state index contributed by atoms with van der Waals surface area (Å²) in [4.78, 5) is 4.24. The third kappa shape index (κ3) is 5.21. The van der Waals surface area contributed by atoms with E-state index in [1.807, 2.05) is 0 Å². The van der Waals surface area contributed by atoms with Gasteiger partial charge in [0.05, 0.1) is 12.3 Å². The van der Waals surface area contributed by atoms with Crippen molar-refractivity contribution in [3.8, 4) is 28.5 Å². The van der Waals surface area contributed by atoms with E-state index in [2.05, 4.69) is 9.72 Å². The van der Waals surface area contributed by atoms with Gasteiger partial charge in [0.15, 0.2) is 0 Å². The van der Waals surface area contributed by atoms with Crippen molar-refractivity contribution in [1.82, 2.24) is 4.98 Å². The molecule has 0 amide bonds. The molecule has 28 heavy (non-hydrogen) atoms. The van der Waals surface area contributed by atoms with E-state index in [0.29, 0.717) is 22.8 Å². The topological polar surface area (TPSA) is 71.8 Å². The molecule has 1 aromatic heterocycles. The van der Waals surface area contributed by atoms with Crippen LogP contribution in [0.4, 0.5) is 13.2 Å². The lowest BCUT2D eigenvalue weighted by atomic mass is 10.1. The number of hydrogen-bond donors (Lipinski definition) is 2. The number of pyridine rings is 1. The Morgan fingerprint density at radius 3 is 2.04 bits per heavy atom. The van der Waals surface area contributed by atoms with Crippen LogP contribution >= 0.6 is 0 Å². The van der Waals surface area contributed by atoms with Crippen molar-refractivity contribution in [1.29, 1.82) is 0 Å². The number of alkyl halides is 3. The number of ether oxygens (including phenoxy) is 2. The van der Waals surface area contributed by atoms with Crippen LogP contribution < -0.4 is 9.47 Å². The predicted octanol–water partition coefficient (Wildman–Crippen LogP) is 4.47. The summed E-state index contributed by atoms with van der Waals surface area (Å²) in [5.74, 6) is 0.513. The number of rotatable bonds is 6. The van der Waals surface area contributed by atoms with Gasteiger partial charge < -0.3 is 19.7 Å². The Kier molecular flexibility index (Phi) is 5.81. The molecule has 3 aromatic rings. The minimum absolute atomic E-state index is 0.328. The molecule has 1 atom stereocenters. The Bertz CT molecular complexity index is 912. The molecule has 0 fully saturated rings. The van der Waals surface area contributed by atoms with Crippen LogP contribution in [0.5, 0.6) is 17.2 Å². The molecule has 3 rings (SSSR count). The Morgan fingerprint density at radius 1 is 0.893 bits per heavy atom. The zero-order chi connectivity index (χ0) is 20.1. The fourth-order valence-corrected chi connectivity index (χ4v) is 2.46. The second kappa shape index (κ2) is 8.28. The number of aliphatic hydroxyl groups excluding tert-OH is 2. The Balaban J connectivity index is 1.69. The normalized spacial score (nSPS) is 12.5. The summed E-state index contributed by atoms with van der Waals surface area (Å²) < 4.78 is 45.9. The standard InChI is InChI=1S/C20H16F3NO4/c21-20(22,23)28-17-7-5-16(6-8-17)27-15-3-1-13(2-4-15)18-11-14(9-10-24-18)19(26)12-25/h1-11,19,25-26H,12H2/t19-/m0/s1. The number of halogens is 3. The minimum Gasteiger partial charge on any atom is -0.457 e. The fraction of sp³-hybridized carbons (Fsp3) is 0.150. The first-order valence-corrected chi connectivity index (χ1v) is 8.23. The Morgan fingerprint density at radius 2 is 1.46 bits per heavy atom. The van der Waals surface area contributed by atoms with Gasteiger partial charge in [-0.3, -0.25) is 4.98 Å². The second-order valence-electron chi connectivity index (χ2n) is 5.82. The molecule has 0 bridgehead atoms. The SMILES string of the molecule is OC[C@H](O)c1ccnc(-c2ccc(Oc3ccc(OC(F)(F)F)cc3)cc2)c1. The zero-order valence-electron chi connectivity index (χ0n) is 14.4. The van der Waals surface area contributed by atoms with E-state index in [0.717, 1.165) is 5.56 Å². The molecule has 0 aliphatic rings. The van der Waals surface area contributed by atoms with Gasteiger partial charge in [-0.2, -0.15) is 0 Å². The maximum atomic E-state index is 12.2. The van der Waals surface area contributed by atoms with Crippen molar-refractivity contribution in [3.63, 3.8) is 0 Å². The van der Waals surface area contributed by atoms with E-state index < -0.39 is 12.5 Å². The van der Waals surface area contributed by atoms with Crippen LogP contribution in [0.25, 0.3) is 11.3 Å². The van der Waals surface area contributed by atoms with Gasteiger partial charge in [-0.1, -0.05) is 0 Å². The molecule has 0 saturated heterocycles. The van der Waals surface area contributed by atoms with Crippen LogP contribution in [-0.2, 0) is 0 Å². The van der Waals surface area contributed by atoms with Gasteiger partial charge in [-0.25, -0.2) is 0 Å². The number of hydrogen-bond acceptors (Lipinski definition) is 5. The van der Waals surface area contributed by atoms with Gasteiger partial charge in [0.2, 0.25) is 0 Å². The molecular formula is C20H16F3NO4. The van der Waals surface area contributed by atoms with Crippen molar-refractivity contribution in [2.24, 2.45) is 0 Å². The van der Waals surface area contributed by atoms with Crippen molar-refractivity contribution in [2.45, 2.75) is 12.5 Å². The van der Waals surface area contributed by atoms with Gasteiger partial charge in [0.1, 0.15) is 23.4 Å². The monoisotopic (exact) mass is 391 g/mol. The summed E-state index contributed by atoms with van der Waals surface area (Å²) in [6.45, 7) is -0.386. The summed E-state index contributed by atoms with van der Waals surface area (Å²) in [6, 6.07) is 15.3. The van der Waals surface area contributed by atoms with Crippen LogP contribution in [-0.4, -0.2) is 28.2 Å². The van der Waals surface area contributed by atoms with Gasteiger partial charge in [0.25, 0.3) is 0 Å². The lowest BCUT2D eigenvalue weighted by Gasteiger charge is -2.11. The van der Waals surface area contributed by atoms with Gasteiger partial charge in [-0.15, -0.1) is 13.2 Å². The highest BCUT2D eigenvalue weighted by atomic mass is 19.4. The van der Waals surface area contributed by atoms with Gasteiger partial charge >= 0.3 is 6.36 Å². The molecule has 0 aliphatic heterocycles. The van der Waals surface area contributed by atoms with Crippen LogP contribution in [0.3, 0.4) is 0 Å². The van der Waals surface area contributed by atoms with Gasteiger partial charge in [0, 0.05) is 11.8 Å². The maximum absolute atomic E-state index is 12.2. The Labute approximate surface area is 158 Å². The van der Waals surface area contributed by atoms with Crippen molar-refractivity contribution in [2.75, 3.05) is 6.61 Å². The summed E-state index contributed by atoms with van der Waals surface area (Å²) >= 11 is 0. The maximum Gasteiger partial charge on any atom is 0.573 e. The van der Waals surface area contributed by atoms with Crippen LogP contribution in [0, 0.1) is 0 Å². The third-order valence-electron chi connectivity index (χ3n) is 3.78. The number of nitrogens with zero attached hydrogens (tertiary/aromatic N) is 1. The molecule has 0 unspecified atom stereocenters. The molecule has 0 radical (unpaired) electrons. The number of aromatic nitrogens is 1. The lowest BCUT2D eigenvalue weighted by Crippen LogP contribution is -2.16. The molecule has 146 valence electrons. The summed E-state index contributed by atoms with van der Waals surface area (Å²) in [5.41, 5.74) is 1.94. The first kappa shape index (κ1) is 19.7. The van der Waals surface area contributed by atoms with E-state index in [4.69, 9.17) is 9.84 Å². The van der Waals surface area contributed by atoms with E-state index in [1.54, 1.807) is 42.6 Å². The zero-order valence-corrected chi connectivity index (χ0v) is 14.4. The molecule has 5 nitrogen and oxygen atoms in total. The first-order chi connectivity index (χ1) is 13.3. The highest BCUT2D eigenvalue weighted by Crippen LogP contribution is 2.29. The second-order valence-corrected chi connectivity index (χ2v) is 5.82. The number of benzene rings is 2. The van der Waals surface area contributed by atoms with E-state index >= 15 is 0 Å². The predicted molar refractivity (Wildman–Crippen MR) is 94.9 cm³/mol. The molecule has 0 aliphatic carbocycles. The van der Waals surface area contributed by atoms with E-state index in [9.17, 15) is 18.3 Å². The molecule has 1 heterocycles. The van der Waals surface area contributed by atoms with Crippen molar-refractivity contribution >= 4 is 0 Å². The van der Waals surface area contributed by atoms with E-state index in [-0.39, 0.29) is 12.4 Å². The quantitative estimate of drug-likeness (QED) is 0.649. The molecule has 2 aromatic carbocycles. The molecule has 0 saturated carbocycles. The van der Waals surface area contributed by atoms with Crippen LogP contribution in [0.15, 0.2) is 66.9 Å². The molecule has 0 spiro atoms. The number of aliphatic hydroxyl groups is 2. The summed E-state index contributed by atoms with van der Waals surface area (Å²) in [6.07, 6.45) is -4.18. The fourth-order valence-electron chi connectivity index (χ4n) is 2.46. The summed E-state index contributed by atoms with van der Waals surface area (Å²) in [7, 11) is 0. The smallest absolute Gasteiger partial charge is 0.457 e. The first-order valence-electron chi connectivity index (χ1n) is 8.23. The highest BCUT2D eigenvalue weighted by Gasteiger charge is 2.30. The van der Waals surface area contributed by atoms with E-state index in [1.165, 1.54) is 24.3 Å². The van der Waals surface area contributed by atoms with Gasteiger partial charge in [-0.05, 0) is 66.2 Å². The van der Waals surface area contributed by atoms with Crippen LogP contribution in [0.1, 0.15) is 11.7 Å².